The number of nitrogens with zero attached hydrogens (tertiary/aromatic N) is 1. The summed E-state index contributed by atoms with van der Waals surface area (Å²) in [5.41, 5.74) is 2.44. The number of halogens is 1. The first-order valence-corrected chi connectivity index (χ1v) is 7.26. The molecule has 3 heteroatoms. The number of carbonyl (C=O) groups is 1. The Bertz CT molecular complexity index is 647. The Morgan fingerprint density at radius 1 is 1.14 bits per heavy atom. The Labute approximate surface area is 124 Å². The molecule has 2 aromatic rings. The Hall–Kier alpha value is -2.16. The molecule has 0 bridgehead atoms. The second-order valence-corrected chi connectivity index (χ2v) is 5.63. The molecule has 0 aliphatic heterocycles. The minimum Gasteiger partial charge on any atom is -0.331 e. The lowest BCUT2D eigenvalue weighted by atomic mass is 10.1. The Morgan fingerprint density at radius 3 is 2.43 bits per heavy atom. The zero-order chi connectivity index (χ0) is 14.8. The van der Waals surface area contributed by atoms with Crippen molar-refractivity contribution in [2.24, 2.45) is 0 Å². The van der Waals surface area contributed by atoms with Crippen LogP contribution in [0, 0.1) is 12.7 Å². The highest BCUT2D eigenvalue weighted by atomic mass is 19.1. The van der Waals surface area contributed by atoms with Gasteiger partial charge in [-0.3, -0.25) is 4.79 Å². The number of aryl methyl sites for hydroxylation is 1. The fourth-order valence-corrected chi connectivity index (χ4v) is 2.43. The maximum Gasteiger partial charge on any atom is 0.257 e. The average molecular weight is 283 g/mol. The van der Waals surface area contributed by atoms with Crippen LogP contribution in [0.25, 0.3) is 0 Å². The first-order valence-electron chi connectivity index (χ1n) is 7.26. The van der Waals surface area contributed by atoms with E-state index in [-0.39, 0.29) is 17.5 Å². The lowest BCUT2D eigenvalue weighted by Gasteiger charge is -2.23. The molecule has 1 amide bonds. The van der Waals surface area contributed by atoms with Crippen molar-refractivity contribution in [2.75, 3.05) is 0 Å². The van der Waals surface area contributed by atoms with Gasteiger partial charge in [-0.2, -0.15) is 0 Å². The van der Waals surface area contributed by atoms with E-state index in [9.17, 15) is 9.18 Å². The minimum atomic E-state index is -0.447. The third-order valence-corrected chi connectivity index (χ3v) is 3.83. The minimum absolute atomic E-state index is 0.163. The summed E-state index contributed by atoms with van der Waals surface area (Å²) in [6, 6.07) is 14.6. The maximum absolute atomic E-state index is 13.8. The molecular weight excluding hydrogens is 265 g/mol. The van der Waals surface area contributed by atoms with Gasteiger partial charge < -0.3 is 4.90 Å². The quantitative estimate of drug-likeness (QED) is 0.832. The smallest absolute Gasteiger partial charge is 0.257 e. The van der Waals surface area contributed by atoms with Gasteiger partial charge in [0.2, 0.25) is 0 Å². The Morgan fingerprint density at radius 2 is 1.81 bits per heavy atom. The zero-order valence-corrected chi connectivity index (χ0v) is 12.1. The fraction of sp³-hybridized carbons (Fsp3) is 0.278. The molecule has 0 saturated heterocycles. The van der Waals surface area contributed by atoms with E-state index in [4.69, 9.17) is 0 Å². The first-order chi connectivity index (χ1) is 10.1. The second kappa shape index (κ2) is 5.68. The van der Waals surface area contributed by atoms with Crippen molar-refractivity contribution in [3.8, 4) is 0 Å². The summed E-state index contributed by atoms with van der Waals surface area (Å²) in [5.74, 6) is -0.659. The van der Waals surface area contributed by atoms with Crippen molar-refractivity contribution < 1.29 is 9.18 Å². The highest BCUT2D eigenvalue weighted by Gasteiger charge is 2.33. The summed E-state index contributed by atoms with van der Waals surface area (Å²) in [5, 5.41) is 0. The summed E-state index contributed by atoms with van der Waals surface area (Å²) < 4.78 is 13.8. The summed E-state index contributed by atoms with van der Waals surface area (Å²) in [7, 11) is 0. The van der Waals surface area contributed by atoms with Gasteiger partial charge in [-0.1, -0.05) is 42.0 Å². The van der Waals surface area contributed by atoms with Crippen molar-refractivity contribution in [3.05, 3.63) is 71.0 Å². The molecule has 3 rings (SSSR count). The standard InChI is InChI=1S/C18H18FNO/c1-13-6-8-14(9-7-13)12-20(15-10-11-15)18(21)16-4-2-3-5-17(16)19/h2-9,15H,10-12H2,1H3. The molecular formula is C18H18FNO. The van der Waals surface area contributed by atoms with Crippen LogP contribution in [0.3, 0.4) is 0 Å². The summed E-state index contributed by atoms with van der Waals surface area (Å²) >= 11 is 0. The lowest BCUT2D eigenvalue weighted by molar-refractivity contribution is 0.0725. The third kappa shape index (κ3) is 3.13. The summed E-state index contributed by atoms with van der Waals surface area (Å²) in [6.07, 6.45) is 2.01. The van der Waals surface area contributed by atoms with Gasteiger partial charge >= 0.3 is 0 Å². The fourth-order valence-electron chi connectivity index (χ4n) is 2.43. The zero-order valence-electron chi connectivity index (χ0n) is 12.1. The van der Waals surface area contributed by atoms with E-state index in [1.807, 2.05) is 31.2 Å². The molecule has 1 aliphatic carbocycles. The van der Waals surface area contributed by atoms with Crippen LogP contribution in [0.4, 0.5) is 4.39 Å². The van der Waals surface area contributed by atoms with Crippen molar-refractivity contribution in [1.82, 2.24) is 4.90 Å². The van der Waals surface area contributed by atoms with E-state index in [0.29, 0.717) is 6.54 Å². The number of benzene rings is 2. The van der Waals surface area contributed by atoms with Crippen molar-refractivity contribution >= 4 is 5.91 Å². The van der Waals surface area contributed by atoms with E-state index < -0.39 is 5.82 Å². The average Bonchev–Trinajstić information content (AvgIpc) is 3.31. The van der Waals surface area contributed by atoms with E-state index in [0.717, 1.165) is 18.4 Å². The van der Waals surface area contributed by atoms with Crippen LogP contribution in [0.5, 0.6) is 0 Å². The van der Waals surface area contributed by atoms with Crippen LogP contribution in [0.1, 0.15) is 34.3 Å². The van der Waals surface area contributed by atoms with Crippen molar-refractivity contribution in [2.45, 2.75) is 32.4 Å². The predicted octanol–water partition coefficient (Wildman–Crippen LogP) is 3.94. The van der Waals surface area contributed by atoms with Gasteiger partial charge in [0.1, 0.15) is 5.82 Å². The number of rotatable bonds is 4. The largest absolute Gasteiger partial charge is 0.331 e. The van der Waals surface area contributed by atoms with Gasteiger partial charge in [0, 0.05) is 12.6 Å². The molecule has 0 heterocycles. The third-order valence-electron chi connectivity index (χ3n) is 3.83. The normalized spacial score (nSPS) is 14.0. The first kappa shape index (κ1) is 13.8. The van der Waals surface area contributed by atoms with Gasteiger partial charge in [0.25, 0.3) is 5.91 Å². The molecule has 108 valence electrons. The number of amides is 1. The molecule has 1 aliphatic rings. The van der Waals surface area contributed by atoms with Gasteiger partial charge in [0.15, 0.2) is 0 Å². The van der Waals surface area contributed by atoms with Crippen molar-refractivity contribution in [3.63, 3.8) is 0 Å². The molecule has 2 nitrogen and oxygen atoms in total. The van der Waals surface area contributed by atoms with Gasteiger partial charge in [-0.15, -0.1) is 0 Å². The molecule has 0 radical (unpaired) electrons. The molecule has 0 atom stereocenters. The molecule has 0 spiro atoms. The maximum atomic E-state index is 13.8. The van der Waals surface area contributed by atoms with Crippen LogP contribution in [0.15, 0.2) is 48.5 Å². The van der Waals surface area contributed by atoms with Crippen LogP contribution in [-0.4, -0.2) is 16.8 Å². The molecule has 1 saturated carbocycles. The second-order valence-electron chi connectivity index (χ2n) is 5.63. The molecule has 0 unspecified atom stereocenters. The topological polar surface area (TPSA) is 20.3 Å². The Kier molecular flexibility index (Phi) is 3.74. The van der Waals surface area contributed by atoms with Crippen LogP contribution in [-0.2, 0) is 6.54 Å². The number of carbonyl (C=O) groups excluding carboxylic acids is 1. The van der Waals surface area contributed by atoms with E-state index in [1.165, 1.54) is 11.6 Å². The number of hydrogen-bond acceptors (Lipinski definition) is 1. The van der Waals surface area contributed by atoms with Gasteiger partial charge in [-0.05, 0) is 37.5 Å². The monoisotopic (exact) mass is 283 g/mol. The van der Waals surface area contributed by atoms with Crippen molar-refractivity contribution in [1.29, 1.82) is 0 Å². The molecule has 2 aromatic carbocycles. The van der Waals surface area contributed by atoms with Gasteiger partial charge in [0.05, 0.1) is 5.56 Å². The Balaban J connectivity index is 1.83. The molecule has 0 N–H and O–H groups in total. The highest BCUT2D eigenvalue weighted by molar-refractivity contribution is 5.94. The van der Waals surface area contributed by atoms with Gasteiger partial charge in [-0.25, -0.2) is 4.39 Å². The van der Waals surface area contributed by atoms with Crippen LogP contribution < -0.4 is 0 Å². The molecule has 21 heavy (non-hydrogen) atoms. The summed E-state index contributed by atoms with van der Waals surface area (Å²) in [6.45, 7) is 2.57. The highest BCUT2D eigenvalue weighted by Crippen LogP contribution is 2.30. The molecule has 0 aromatic heterocycles. The van der Waals surface area contributed by atoms with E-state index in [2.05, 4.69) is 0 Å². The predicted molar refractivity (Wildman–Crippen MR) is 80.5 cm³/mol. The number of hydrogen-bond donors (Lipinski definition) is 0. The SMILES string of the molecule is Cc1ccc(CN(C(=O)c2ccccc2F)C2CC2)cc1. The molecule has 1 fully saturated rings. The summed E-state index contributed by atoms with van der Waals surface area (Å²) in [4.78, 5) is 14.4. The van der Waals surface area contributed by atoms with E-state index in [1.54, 1.807) is 23.1 Å². The lowest BCUT2D eigenvalue weighted by Crippen LogP contribution is -2.33. The van der Waals surface area contributed by atoms with Crippen LogP contribution >= 0.6 is 0 Å². The van der Waals surface area contributed by atoms with E-state index >= 15 is 0 Å². The van der Waals surface area contributed by atoms with Crippen LogP contribution in [0.2, 0.25) is 0 Å².